The molecule has 0 amide bonds. The molecule has 2 aromatic carbocycles. The zero-order chi connectivity index (χ0) is 11.1. The van der Waals surface area contributed by atoms with Crippen molar-refractivity contribution in [1.29, 1.82) is 0 Å². The predicted octanol–water partition coefficient (Wildman–Crippen LogP) is 4.50. The highest BCUT2D eigenvalue weighted by atomic mass is 35.5. The van der Waals surface area contributed by atoms with E-state index in [0.717, 1.165) is 28.4 Å². The molecule has 0 fully saturated rings. The number of rotatable bonds is 0. The first-order valence-corrected chi connectivity index (χ1v) is 5.46. The summed E-state index contributed by atoms with van der Waals surface area (Å²) in [5.41, 5.74) is 2.92. The van der Waals surface area contributed by atoms with Crippen LogP contribution in [0.15, 0.2) is 36.4 Å². The monoisotopic (exact) mass is 231 g/mol. The molecular weight excluding hydrogens is 222 g/mol. The van der Waals surface area contributed by atoms with E-state index < -0.39 is 0 Å². The molecule has 0 bridgehead atoms. The van der Waals surface area contributed by atoms with Gasteiger partial charge in [0.25, 0.3) is 0 Å². The molecule has 0 aliphatic carbocycles. The van der Waals surface area contributed by atoms with E-state index in [2.05, 4.69) is 5.32 Å². The Kier molecular flexibility index (Phi) is 2.04. The lowest BCUT2D eigenvalue weighted by atomic mass is 10.1. The van der Waals surface area contributed by atoms with Crippen LogP contribution in [0.25, 0.3) is 0 Å². The van der Waals surface area contributed by atoms with Crippen LogP contribution in [0.3, 0.4) is 0 Å². The molecule has 0 spiro atoms. The fourth-order valence-corrected chi connectivity index (χ4v) is 2.14. The van der Waals surface area contributed by atoms with Gasteiger partial charge in [-0.2, -0.15) is 0 Å². The molecule has 3 heteroatoms. The summed E-state index contributed by atoms with van der Waals surface area (Å²) in [6, 6.07) is 11.6. The molecule has 0 aromatic heterocycles. The molecule has 1 N–H and O–H groups in total. The summed E-state index contributed by atoms with van der Waals surface area (Å²) in [6.07, 6.45) is 0. The Labute approximate surface area is 98.8 Å². The van der Waals surface area contributed by atoms with Crippen molar-refractivity contribution in [2.24, 2.45) is 0 Å². The molecule has 2 nitrogen and oxygen atoms in total. The third-order valence-electron chi connectivity index (χ3n) is 2.61. The van der Waals surface area contributed by atoms with Gasteiger partial charge in [0.1, 0.15) is 0 Å². The van der Waals surface area contributed by atoms with Gasteiger partial charge in [0.05, 0.1) is 11.4 Å². The Morgan fingerprint density at radius 2 is 1.94 bits per heavy atom. The first kappa shape index (κ1) is 9.55. The van der Waals surface area contributed by atoms with Gasteiger partial charge in [-0.3, -0.25) is 0 Å². The third-order valence-corrected chi connectivity index (χ3v) is 2.83. The molecule has 0 radical (unpaired) electrons. The summed E-state index contributed by atoms with van der Waals surface area (Å²) in [4.78, 5) is 0. The van der Waals surface area contributed by atoms with Crippen molar-refractivity contribution in [3.8, 4) is 11.5 Å². The summed E-state index contributed by atoms with van der Waals surface area (Å²) < 4.78 is 5.84. The molecule has 0 unspecified atom stereocenters. The average Bonchev–Trinajstić information content (AvgIpc) is 2.27. The van der Waals surface area contributed by atoms with Crippen molar-refractivity contribution in [2.75, 3.05) is 5.32 Å². The lowest BCUT2D eigenvalue weighted by Crippen LogP contribution is -2.03. The van der Waals surface area contributed by atoms with Crippen molar-refractivity contribution >= 4 is 23.0 Å². The highest BCUT2D eigenvalue weighted by molar-refractivity contribution is 6.31. The fraction of sp³-hybridized carbons (Fsp3) is 0.0769. The highest BCUT2D eigenvalue weighted by Crippen LogP contribution is 2.44. The minimum absolute atomic E-state index is 0.715. The van der Waals surface area contributed by atoms with Gasteiger partial charge < -0.3 is 10.1 Å². The lowest BCUT2D eigenvalue weighted by Gasteiger charge is -2.23. The van der Waals surface area contributed by atoms with E-state index in [1.807, 2.05) is 43.3 Å². The third kappa shape index (κ3) is 1.42. The normalized spacial score (nSPS) is 12.1. The standard InChI is InChI=1S/C13H10ClNO/c1-8-6-9(14)7-11-13(8)16-12-5-3-2-4-10(12)15-11/h2-7,15H,1H3. The van der Waals surface area contributed by atoms with E-state index in [1.165, 1.54) is 0 Å². The topological polar surface area (TPSA) is 21.3 Å². The van der Waals surface area contributed by atoms with Crippen molar-refractivity contribution in [3.63, 3.8) is 0 Å². The Morgan fingerprint density at radius 1 is 1.12 bits per heavy atom. The number of anilines is 2. The van der Waals surface area contributed by atoms with E-state index >= 15 is 0 Å². The Hall–Kier alpha value is -1.67. The second-order valence-electron chi connectivity index (χ2n) is 3.82. The fourth-order valence-electron chi connectivity index (χ4n) is 1.87. The second-order valence-corrected chi connectivity index (χ2v) is 4.26. The molecule has 1 aliphatic rings. The zero-order valence-corrected chi connectivity index (χ0v) is 9.51. The largest absolute Gasteiger partial charge is 0.453 e. The first-order valence-electron chi connectivity index (χ1n) is 5.08. The number of hydrogen-bond acceptors (Lipinski definition) is 2. The maximum atomic E-state index is 6.01. The van der Waals surface area contributed by atoms with Crippen molar-refractivity contribution in [2.45, 2.75) is 6.92 Å². The SMILES string of the molecule is Cc1cc(Cl)cc2c1Oc1ccccc1N2. The summed E-state index contributed by atoms with van der Waals surface area (Å²) in [7, 11) is 0. The van der Waals surface area contributed by atoms with Gasteiger partial charge in [-0.15, -0.1) is 0 Å². The van der Waals surface area contributed by atoms with Crippen LogP contribution in [0.1, 0.15) is 5.56 Å². The van der Waals surface area contributed by atoms with Gasteiger partial charge in [-0.05, 0) is 36.8 Å². The number of nitrogens with one attached hydrogen (secondary N) is 1. The number of hydrogen-bond donors (Lipinski definition) is 1. The first-order chi connectivity index (χ1) is 7.74. The number of benzene rings is 2. The Morgan fingerprint density at radius 3 is 2.81 bits per heavy atom. The Balaban J connectivity index is 2.15. The van der Waals surface area contributed by atoms with Crippen LogP contribution in [-0.2, 0) is 0 Å². The minimum atomic E-state index is 0.715. The van der Waals surface area contributed by atoms with Crippen LogP contribution in [0.4, 0.5) is 11.4 Å². The highest BCUT2D eigenvalue weighted by Gasteiger charge is 2.18. The van der Waals surface area contributed by atoms with Crippen LogP contribution < -0.4 is 10.1 Å². The van der Waals surface area contributed by atoms with Crippen LogP contribution in [0, 0.1) is 6.92 Å². The summed E-state index contributed by atoms with van der Waals surface area (Å²) in [6.45, 7) is 1.99. The van der Waals surface area contributed by atoms with E-state index in [0.29, 0.717) is 5.02 Å². The van der Waals surface area contributed by atoms with E-state index in [4.69, 9.17) is 16.3 Å². The molecule has 3 rings (SSSR count). The average molecular weight is 232 g/mol. The van der Waals surface area contributed by atoms with Gasteiger partial charge in [-0.1, -0.05) is 23.7 Å². The maximum absolute atomic E-state index is 6.01. The maximum Gasteiger partial charge on any atom is 0.153 e. The molecule has 1 aliphatic heterocycles. The Bertz CT molecular complexity index is 566. The van der Waals surface area contributed by atoms with Crippen molar-refractivity contribution in [3.05, 3.63) is 47.0 Å². The van der Waals surface area contributed by atoms with Crippen LogP contribution >= 0.6 is 11.6 Å². The molecule has 2 aromatic rings. The van der Waals surface area contributed by atoms with Gasteiger partial charge in [0.2, 0.25) is 0 Å². The second kappa shape index (κ2) is 3.42. The van der Waals surface area contributed by atoms with E-state index in [-0.39, 0.29) is 0 Å². The van der Waals surface area contributed by atoms with Crippen molar-refractivity contribution < 1.29 is 4.74 Å². The van der Waals surface area contributed by atoms with Gasteiger partial charge >= 0.3 is 0 Å². The summed E-state index contributed by atoms with van der Waals surface area (Å²) in [5, 5.41) is 4.03. The lowest BCUT2D eigenvalue weighted by molar-refractivity contribution is 0.477. The summed E-state index contributed by atoms with van der Waals surface area (Å²) >= 11 is 6.01. The van der Waals surface area contributed by atoms with E-state index in [9.17, 15) is 0 Å². The molecule has 16 heavy (non-hydrogen) atoms. The molecule has 80 valence electrons. The van der Waals surface area contributed by atoms with Gasteiger partial charge in [0.15, 0.2) is 11.5 Å². The van der Waals surface area contributed by atoms with Gasteiger partial charge in [0, 0.05) is 5.02 Å². The van der Waals surface area contributed by atoms with Crippen LogP contribution in [0.2, 0.25) is 5.02 Å². The molecule has 1 heterocycles. The molecule has 0 saturated heterocycles. The minimum Gasteiger partial charge on any atom is -0.453 e. The zero-order valence-electron chi connectivity index (χ0n) is 8.75. The molecule has 0 saturated carbocycles. The number of aryl methyl sites for hydroxylation is 1. The number of halogens is 1. The smallest absolute Gasteiger partial charge is 0.153 e. The predicted molar refractivity (Wildman–Crippen MR) is 66.0 cm³/mol. The molecular formula is C13H10ClNO. The molecule has 0 atom stereocenters. The summed E-state index contributed by atoms with van der Waals surface area (Å²) in [5.74, 6) is 1.70. The van der Waals surface area contributed by atoms with Crippen LogP contribution in [0.5, 0.6) is 11.5 Å². The number of para-hydroxylation sites is 2. The van der Waals surface area contributed by atoms with E-state index in [1.54, 1.807) is 0 Å². The quantitative estimate of drug-likeness (QED) is 0.615. The van der Waals surface area contributed by atoms with Gasteiger partial charge in [-0.25, -0.2) is 0 Å². The number of fused-ring (bicyclic) bond motifs is 2. The van der Waals surface area contributed by atoms with Crippen molar-refractivity contribution in [1.82, 2.24) is 0 Å². The van der Waals surface area contributed by atoms with Crippen LogP contribution in [-0.4, -0.2) is 0 Å². The number of ether oxygens (including phenoxy) is 1.